The number of aliphatic carboxylic acids is 1. The molecule has 9 N–H and O–H groups in total. The number of hydrogen-bond acceptors (Lipinski definition) is 8. The minimum Gasteiger partial charge on any atom is -0.480 e. The largest absolute Gasteiger partial charge is 0.480 e. The van der Waals surface area contributed by atoms with E-state index >= 15 is 0 Å². The molecule has 0 unspecified atom stereocenters. The quantitative estimate of drug-likeness (QED) is 0.132. The fourth-order valence-electron chi connectivity index (χ4n) is 2.57. The van der Waals surface area contributed by atoms with E-state index < -0.39 is 54.5 Å². The number of aliphatic hydroxyl groups excluding tert-OH is 1. The first-order valence-corrected chi connectivity index (χ1v) is 11.7. The lowest BCUT2D eigenvalue weighted by atomic mass is 10.0. The number of thioether (sulfide) groups is 1. The molecule has 0 aromatic heterocycles. The van der Waals surface area contributed by atoms with Crippen LogP contribution in [0.15, 0.2) is 0 Å². The molecule has 4 atom stereocenters. The molecule has 0 fully saturated rings. The van der Waals surface area contributed by atoms with Crippen molar-refractivity contribution in [3.63, 3.8) is 0 Å². The smallest absolute Gasteiger partial charge is 0.328 e. The molecule has 3 amide bonds. The molecule has 31 heavy (non-hydrogen) atoms. The lowest BCUT2D eigenvalue weighted by molar-refractivity contribution is -0.143. The van der Waals surface area contributed by atoms with E-state index in [1.54, 1.807) is 13.8 Å². The summed E-state index contributed by atoms with van der Waals surface area (Å²) >= 11 is 1.45. The predicted molar refractivity (Wildman–Crippen MR) is 119 cm³/mol. The molecular weight excluding hydrogens is 426 g/mol. The lowest BCUT2D eigenvalue weighted by Crippen LogP contribution is -2.58. The average molecular weight is 464 g/mol. The Morgan fingerprint density at radius 3 is 1.87 bits per heavy atom. The van der Waals surface area contributed by atoms with Crippen molar-refractivity contribution in [2.75, 3.05) is 25.2 Å². The number of hydrogen-bond donors (Lipinski definition) is 7. The molecule has 0 saturated heterocycles. The Labute approximate surface area is 187 Å². The molecule has 0 rings (SSSR count). The number of carbonyl (C=O) groups excluding carboxylic acids is 3. The van der Waals surface area contributed by atoms with Crippen LogP contribution in [-0.2, 0) is 19.2 Å². The lowest BCUT2D eigenvalue weighted by Gasteiger charge is -2.25. The molecule has 0 aliphatic heterocycles. The Morgan fingerprint density at radius 2 is 1.42 bits per heavy atom. The standard InChI is InChI=1S/C19H37N5O6S/c1-11(2)15(21)18(28)23-12(6-4-5-8-20)16(26)22-13(7-9-31-3)17(27)24-14(10-25)19(29)30/h11-15,25H,4-10,20-21H2,1-3H3,(H,22,26)(H,23,28)(H,24,27)(H,29,30)/t12-,13-,14-,15-/m0/s1. The van der Waals surface area contributed by atoms with E-state index in [-0.39, 0.29) is 12.3 Å². The third-order valence-electron chi connectivity index (χ3n) is 4.64. The van der Waals surface area contributed by atoms with Gasteiger partial charge in [-0.15, -0.1) is 0 Å². The second kappa shape index (κ2) is 15.8. The first kappa shape index (κ1) is 29.1. The molecule has 0 aliphatic rings. The summed E-state index contributed by atoms with van der Waals surface area (Å²) in [6, 6.07) is -4.21. The highest BCUT2D eigenvalue weighted by atomic mass is 32.2. The summed E-state index contributed by atoms with van der Waals surface area (Å²) in [6.07, 6.45) is 3.62. The monoisotopic (exact) mass is 463 g/mol. The maximum absolute atomic E-state index is 12.9. The molecule has 0 radical (unpaired) electrons. The summed E-state index contributed by atoms with van der Waals surface area (Å²) in [7, 11) is 0. The number of unbranched alkanes of at least 4 members (excludes halogenated alkanes) is 1. The molecule has 0 aromatic carbocycles. The number of aliphatic hydroxyl groups is 1. The molecule has 0 bridgehead atoms. The zero-order valence-corrected chi connectivity index (χ0v) is 19.2. The summed E-state index contributed by atoms with van der Waals surface area (Å²) in [4.78, 5) is 48.9. The third-order valence-corrected chi connectivity index (χ3v) is 5.29. The molecule has 0 aliphatic carbocycles. The highest BCUT2D eigenvalue weighted by Crippen LogP contribution is 2.07. The highest BCUT2D eigenvalue weighted by Gasteiger charge is 2.30. The zero-order valence-electron chi connectivity index (χ0n) is 18.4. The van der Waals surface area contributed by atoms with Crippen molar-refractivity contribution < 1.29 is 29.4 Å². The number of carbonyl (C=O) groups is 4. The van der Waals surface area contributed by atoms with Crippen molar-refractivity contribution >= 4 is 35.5 Å². The van der Waals surface area contributed by atoms with E-state index in [1.165, 1.54) is 11.8 Å². The van der Waals surface area contributed by atoms with Gasteiger partial charge in [0.25, 0.3) is 0 Å². The first-order chi connectivity index (χ1) is 14.6. The molecule has 0 aromatic rings. The van der Waals surface area contributed by atoms with Gasteiger partial charge in [-0.3, -0.25) is 14.4 Å². The van der Waals surface area contributed by atoms with Crippen LogP contribution in [0, 0.1) is 5.92 Å². The Morgan fingerprint density at radius 1 is 0.903 bits per heavy atom. The molecule has 0 spiro atoms. The van der Waals surface area contributed by atoms with Crippen molar-refractivity contribution in [3.8, 4) is 0 Å². The van der Waals surface area contributed by atoms with Crippen molar-refractivity contribution in [2.24, 2.45) is 17.4 Å². The summed E-state index contributed by atoms with van der Waals surface area (Å²) in [6.45, 7) is 3.23. The van der Waals surface area contributed by atoms with E-state index in [4.69, 9.17) is 21.7 Å². The minimum atomic E-state index is -1.48. The second-order valence-corrected chi connectivity index (χ2v) is 8.53. The van der Waals surface area contributed by atoms with Gasteiger partial charge in [-0.1, -0.05) is 13.8 Å². The number of carboxylic acid groups (broad SMARTS) is 1. The topological polar surface area (TPSA) is 197 Å². The summed E-state index contributed by atoms with van der Waals surface area (Å²) in [5.41, 5.74) is 11.4. The van der Waals surface area contributed by atoms with Gasteiger partial charge in [0.2, 0.25) is 17.7 Å². The fraction of sp³-hybridized carbons (Fsp3) is 0.789. The van der Waals surface area contributed by atoms with Gasteiger partial charge in [0, 0.05) is 0 Å². The van der Waals surface area contributed by atoms with Crippen molar-refractivity contribution in [2.45, 2.75) is 63.7 Å². The highest BCUT2D eigenvalue weighted by molar-refractivity contribution is 7.98. The molecular formula is C19H37N5O6S. The Bertz CT molecular complexity index is 592. The third kappa shape index (κ3) is 11.3. The SMILES string of the molecule is CSCC[C@H](NC(=O)[C@H](CCCCN)NC(=O)[C@@H](N)C(C)C)C(=O)N[C@@H](CO)C(=O)O. The van der Waals surface area contributed by atoms with Gasteiger partial charge in [-0.25, -0.2) is 4.79 Å². The van der Waals surface area contributed by atoms with Crippen LogP contribution in [-0.4, -0.2) is 83.2 Å². The van der Waals surface area contributed by atoms with Gasteiger partial charge in [-0.2, -0.15) is 11.8 Å². The second-order valence-electron chi connectivity index (χ2n) is 7.54. The summed E-state index contributed by atoms with van der Waals surface area (Å²) in [5.74, 6) is -2.76. The Kier molecular flexibility index (Phi) is 14.9. The molecule has 0 saturated carbocycles. The number of carboxylic acids is 1. The first-order valence-electron chi connectivity index (χ1n) is 10.3. The maximum Gasteiger partial charge on any atom is 0.328 e. The maximum atomic E-state index is 12.9. The summed E-state index contributed by atoms with van der Waals surface area (Å²) in [5, 5.41) is 25.6. The van der Waals surface area contributed by atoms with Gasteiger partial charge in [0.15, 0.2) is 0 Å². The minimum absolute atomic E-state index is 0.126. The molecule has 180 valence electrons. The van der Waals surface area contributed by atoms with Crippen LogP contribution in [0.1, 0.15) is 39.5 Å². The number of nitrogens with one attached hydrogen (secondary N) is 3. The van der Waals surface area contributed by atoms with Crippen LogP contribution in [0.25, 0.3) is 0 Å². The van der Waals surface area contributed by atoms with Gasteiger partial charge in [0.05, 0.1) is 12.6 Å². The van der Waals surface area contributed by atoms with Gasteiger partial charge >= 0.3 is 5.97 Å². The van der Waals surface area contributed by atoms with Crippen LogP contribution in [0.4, 0.5) is 0 Å². The van der Waals surface area contributed by atoms with Crippen molar-refractivity contribution in [3.05, 3.63) is 0 Å². The van der Waals surface area contributed by atoms with Crippen LogP contribution >= 0.6 is 11.8 Å². The number of amides is 3. The van der Waals surface area contributed by atoms with Gasteiger partial charge in [-0.05, 0) is 50.2 Å². The van der Waals surface area contributed by atoms with Gasteiger partial charge < -0.3 is 37.6 Å². The predicted octanol–water partition coefficient (Wildman–Crippen LogP) is -1.62. The van der Waals surface area contributed by atoms with E-state index in [0.717, 1.165) is 0 Å². The van der Waals surface area contributed by atoms with Crippen LogP contribution in [0.5, 0.6) is 0 Å². The fourth-order valence-corrected chi connectivity index (χ4v) is 3.04. The average Bonchev–Trinajstić information content (AvgIpc) is 2.72. The Balaban J connectivity index is 5.36. The number of nitrogens with two attached hydrogens (primary N) is 2. The van der Waals surface area contributed by atoms with Crippen LogP contribution in [0.2, 0.25) is 0 Å². The molecule has 11 nitrogen and oxygen atoms in total. The van der Waals surface area contributed by atoms with Crippen molar-refractivity contribution in [1.29, 1.82) is 0 Å². The number of rotatable bonds is 16. The normalized spacial score (nSPS) is 14.9. The molecule has 12 heteroatoms. The van der Waals surface area contributed by atoms with Gasteiger partial charge in [0.1, 0.15) is 18.1 Å². The van der Waals surface area contributed by atoms with Crippen molar-refractivity contribution in [1.82, 2.24) is 16.0 Å². The van der Waals surface area contributed by atoms with Crippen LogP contribution < -0.4 is 27.4 Å². The Hall–Kier alpha value is -1.89. The van der Waals surface area contributed by atoms with E-state index in [9.17, 15) is 19.2 Å². The summed E-state index contributed by atoms with van der Waals surface area (Å²) < 4.78 is 0. The van der Waals surface area contributed by atoms with E-state index in [0.29, 0.717) is 31.6 Å². The molecule has 0 heterocycles. The van der Waals surface area contributed by atoms with E-state index in [1.807, 2.05) is 6.26 Å². The van der Waals surface area contributed by atoms with Crippen LogP contribution in [0.3, 0.4) is 0 Å². The van der Waals surface area contributed by atoms with E-state index in [2.05, 4.69) is 16.0 Å². The zero-order chi connectivity index (χ0) is 24.0.